The van der Waals surface area contributed by atoms with Crippen molar-refractivity contribution in [3.05, 3.63) is 194 Å². The molecule has 0 aliphatic rings. The summed E-state index contributed by atoms with van der Waals surface area (Å²) in [5, 5.41) is 5.04. The van der Waals surface area contributed by atoms with Gasteiger partial charge in [-0.15, -0.1) is 11.3 Å². The van der Waals surface area contributed by atoms with Gasteiger partial charge in [0.15, 0.2) is 5.82 Å². The van der Waals surface area contributed by atoms with Crippen LogP contribution in [0.4, 0.5) is 0 Å². The van der Waals surface area contributed by atoms with E-state index in [-0.39, 0.29) is 0 Å². The van der Waals surface area contributed by atoms with Gasteiger partial charge in [0.2, 0.25) is 0 Å². The highest BCUT2D eigenvalue weighted by Gasteiger charge is 2.16. The molecule has 0 atom stereocenters. The van der Waals surface area contributed by atoms with E-state index in [1.54, 1.807) is 0 Å². The van der Waals surface area contributed by atoms with Gasteiger partial charge in [0, 0.05) is 36.9 Å². The molecule has 0 amide bonds. The molecule has 10 aromatic rings. The summed E-state index contributed by atoms with van der Waals surface area (Å²) < 4.78 is 2.59. The molecule has 0 aliphatic heterocycles. The Labute approximate surface area is 312 Å². The Hall–Kier alpha value is -6.68. The first kappa shape index (κ1) is 31.1. The molecule has 8 aromatic carbocycles. The first-order chi connectivity index (χ1) is 26.2. The number of rotatable bonds is 6. The van der Waals surface area contributed by atoms with Crippen molar-refractivity contribution in [2.75, 3.05) is 0 Å². The van der Waals surface area contributed by atoms with Crippen molar-refractivity contribution in [3.8, 4) is 67.3 Å². The van der Waals surface area contributed by atoms with Gasteiger partial charge in [0.05, 0.1) is 11.4 Å². The van der Waals surface area contributed by atoms with Crippen LogP contribution in [0, 0.1) is 0 Å². The normalized spacial score (nSPS) is 11.4. The smallest absolute Gasteiger partial charge is 0.160 e. The Morgan fingerprint density at radius 1 is 0.321 bits per heavy atom. The summed E-state index contributed by atoms with van der Waals surface area (Å²) >= 11 is 1.86. The predicted octanol–water partition coefficient (Wildman–Crippen LogP) is 14.0. The minimum absolute atomic E-state index is 0.697. The van der Waals surface area contributed by atoms with Crippen LogP contribution in [0.15, 0.2) is 194 Å². The van der Waals surface area contributed by atoms with E-state index in [1.165, 1.54) is 53.2 Å². The van der Waals surface area contributed by atoms with Gasteiger partial charge in [-0.05, 0) is 86.6 Å². The van der Waals surface area contributed by atoms with Gasteiger partial charge in [-0.3, -0.25) is 0 Å². The third-order valence-corrected chi connectivity index (χ3v) is 11.3. The topological polar surface area (TPSA) is 25.8 Å². The summed E-state index contributed by atoms with van der Waals surface area (Å²) in [4.78, 5) is 10.5. The number of benzene rings is 8. The molecule has 2 heterocycles. The summed E-state index contributed by atoms with van der Waals surface area (Å²) in [7, 11) is 0. The van der Waals surface area contributed by atoms with Crippen LogP contribution < -0.4 is 0 Å². The van der Waals surface area contributed by atoms with Crippen molar-refractivity contribution in [3.63, 3.8) is 0 Å². The second-order valence-electron chi connectivity index (χ2n) is 13.4. The van der Waals surface area contributed by atoms with E-state index >= 15 is 0 Å². The summed E-state index contributed by atoms with van der Waals surface area (Å²) in [6, 6.07) is 69.2. The van der Waals surface area contributed by atoms with Gasteiger partial charge in [-0.1, -0.05) is 152 Å². The molecule has 0 bridgehead atoms. The molecular weight excluding hydrogens is 661 g/mol. The SMILES string of the molecule is c1ccc(-c2cc(-c3cc(-c4ccccc4)nc(-c4cccc(-c5ccc6ccccc6c5)c4)n3)cc(-c3cccc4c3sc3ccccc34)c2)cc1. The molecule has 0 aliphatic carbocycles. The largest absolute Gasteiger partial charge is 0.228 e. The van der Waals surface area contributed by atoms with E-state index in [9.17, 15) is 0 Å². The van der Waals surface area contributed by atoms with Gasteiger partial charge in [0.1, 0.15) is 0 Å². The van der Waals surface area contributed by atoms with Crippen molar-refractivity contribution in [1.29, 1.82) is 0 Å². The van der Waals surface area contributed by atoms with Crippen molar-refractivity contribution in [2.45, 2.75) is 0 Å². The number of nitrogens with zero attached hydrogens (tertiary/aromatic N) is 2. The Balaban J connectivity index is 1.17. The van der Waals surface area contributed by atoms with E-state index in [1.807, 2.05) is 17.4 Å². The lowest BCUT2D eigenvalue weighted by Crippen LogP contribution is -1.97. The van der Waals surface area contributed by atoms with Gasteiger partial charge < -0.3 is 0 Å². The molecule has 0 fully saturated rings. The van der Waals surface area contributed by atoms with Gasteiger partial charge in [0.25, 0.3) is 0 Å². The molecule has 2 nitrogen and oxygen atoms in total. The fourth-order valence-corrected chi connectivity index (χ4v) is 8.63. The number of thiophene rings is 1. The van der Waals surface area contributed by atoms with Crippen LogP contribution in [0.3, 0.4) is 0 Å². The second-order valence-corrected chi connectivity index (χ2v) is 14.5. The maximum atomic E-state index is 5.34. The molecule has 53 heavy (non-hydrogen) atoms. The lowest BCUT2D eigenvalue weighted by Gasteiger charge is -2.14. The van der Waals surface area contributed by atoms with Crippen LogP contribution in [0.2, 0.25) is 0 Å². The zero-order chi connectivity index (χ0) is 35.1. The maximum Gasteiger partial charge on any atom is 0.160 e. The monoisotopic (exact) mass is 692 g/mol. The fraction of sp³-hybridized carbons (Fsp3) is 0. The van der Waals surface area contributed by atoms with E-state index in [0.29, 0.717) is 5.82 Å². The third-order valence-electron chi connectivity index (χ3n) is 10.1. The average Bonchev–Trinajstić information content (AvgIpc) is 3.63. The molecular formula is C50H32N2S. The number of hydrogen-bond donors (Lipinski definition) is 0. The van der Waals surface area contributed by atoms with Gasteiger partial charge in [-0.25, -0.2) is 9.97 Å². The van der Waals surface area contributed by atoms with Gasteiger partial charge >= 0.3 is 0 Å². The molecule has 248 valence electrons. The number of fused-ring (bicyclic) bond motifs is 4. The Morgan fingerprint density at radius 3 is 1.75 bits per heavy atom. The molecule has 0 saturated carbocycles. The van der Waals surface area contributed by atoms with E-state index in [4.69, 9.17) is 9.97 Å². The summed E-state index contributed by atoms with van der Waals surface area (Å²) in [6.07, 6.45) is 0. The van der Waals surface area contributed by atoms with Crippen LogP contribution in [0.5, 0.6) is 0 Å². The van der Waals surface area contributed by atoms with E-state index < -0.39 is 0 Å². The Morgan fingerprint density at radius 2 is 0.906 bits per heavy atom. The summed E-state index contributed by atoms with van der Waals surface area (Å²) in [6.45, 7) is 0. The van der Waals surface area contributed by atoms with E-state index in [2.05, 4.69) is 188 Å². The second kappa shape index (κ2) is 13.1. The minimum atomic E-state index is 0.697. The molecule has 10 rings (SSSR count). The lowest BCUT2D eigenvalue weighted by molar-refractivity contribution is 1.18. The molecule has 2 aromatic heterocycles. The maximum absolute atomic E-state index is 5.34. The Bertz CT molecular complexity index is 2950. The summed E-state index contributed by atoms with van der Waals surface area (Å²) in [5.41, 5.74) is 11.9. The average molecular weight is 693 g/mol. The van der Waals surface area contributed by atoms with Crippen LogP contribution in [-0.2, 0) is 0 Å². The summed E-state index contributed by atoms with van der Waals surface area (Å²) in [5.74, 6) is 0.697. The quantitative estimate of drug-likeness (QED) is 0.173. The van der Waals surface area contributed by atoms with Crippen molar-refractivity contribution in [2.24, 2.45) is 0 Å². The molecule has 0 spiro atoms. The van der Waals surface area contributed by atoms with Crippen LogP contribution in [-0.4, -0.2) is 9.97 Å². The third kappa shape index (κ3) is 5.87. The molecule has 0 unspecified atom stereocenters. The molecule has 0 saturated heterocycles. The Kier molecular flexibility index (Phi) is 7.71. The van der Waals surface area contributed by atoms with Crippen molar-refractivity contribution < 1.29 is 0 Å². The zero-order valence-electron chi connectivity index (χ0n) is 28.8. The fourth-order valence-electron chi connectivity index (χ4n) is 7.39. The first-order valence-electron chi connectivity index (χ1n) is 17.9. The van der Waals surface area contributed by atoms with E-state index in [0.717, 1.165) is 39.2 Å². The highest BCUT2D eigenvalue weighted by Crippen LogP contribution is 2.42. The van der Waals surface area contributed by atoms with Crippen LogP contribution >= 0.6 is 11.3 Å². The standard InChI is InChI=1S/C50H32N2S/c1-3-13-33(14-4-1)40-29-41(43-22-12-23-45-44-21-9-10-24-48(44)53-49(43)45)31-42(30-40)47-32-46(35-16-5-2-6-17-35)51-50(52-47)39-20-11-19-37(28-39)38-26-25-34-15-7-8-18-36(34)27-38/h1-32H. The molecule has 3 heteroatoms. The van der Waals surface area contributed by atoms with Crippen molar-refractivity contribution in [1.82, 2.24) is 9.97 Å². The highest BCUT2D eigenvalue weighted by atomic mass is 32.1. The molecule has 0 radical (unpaired) electrons. The lowest BCUT2D eigenvalue weighted by atomic mass is 9.94. The predicted molar refractivity (Wildman–Crippen MR) is 225 cm³/mol. The molecule has 0 N–H and O–H groups in total. The number of aromatic nitrogens is 2. The van der Waals surface area contributed by atoms with Crippen molar-refractivity contribution >= 4 is 42.3 Å². The van der Waals surface area contributed by atoms with Gasteiger partial charge in [-0.2, -0.15) is 0 Å². The first-order valence-corrected chi connectivity index (χ1v) is 18.7. The zero-order valence-corrected chi connectivity index (χ0v) is 29.6. The van der Waals surface area contributed by atoms with Crippen LogP contribution in [0.25, 0.3) is 98.2 Å². The van der Waals surface area contributed by atoms with Crippen LogP contribution in [0.1, 0.15) is 0 Å². The minimum Gasteiger partial charge on any atom is -0.228 e. The number of hydrogen-bond acceptors (Lipinski definition) is 3. The highest BCUT2D eigenvalue weighted by molar-refractivity contribution is 7.26.